The SMILES string of the molecule is CCCCC(=O)N1CCCN(C(=O)COc2ccc(C)cc2C(C)(C)C)CC1. The van der Waals surface area contributed by atoms with Crippen LogP contribution in [0, 0.1) is 6.92 Å². The fourth-order valence-corrected chi connectivity index (χ4v) is 3.49. The van der Waals surface area contributed by atoms with Crippen molar-refractivity contribution in [2.45, 2.75) is 65.7 Å². The average molecular weight is 389 g/mol. The Morgan fingerprint density at radius 1 is 1.04 bits per heavy atom. The molecule has 1 aliphatic heterocycles. The summed E-state index contributed by atoms with van der Waals surface area (Å²) in [6.07, 6.45) is 3.38. The van der Waals surface area contributed by atoms with Gasteiger partial charge in [0, 0.05) is 32.6 Å². The van der Waals surface area contributed by atoms with E-state index in [-0.39, 0.29) is 23.8 Å². The zero-order valence-corrected chi connectivity index (χ0v) is 18.2. The van der Waals surface area contributed by atoms with Crippen LogP contribution < -0.4 is 4.74 Å². The quantitative estimate of drug-likeness (QED) is 0.742. The summed E-state index contributed by atoms with van der Waals surface area (Å²) in [5.74, 6) is 0.975. The lowest BCUT2D eigenvalue weighted by Crippen LogP contribution is -2.39. The number of hydrogen-bond acceptors (Lipinski definition) is 3. The molecule has 1 aromatic rings. The fourth-order valence-electron chi connectivity index (χ4n) is 3.49. The molecule has 5 heteroatoms. The lowest BCUT2D eigenvalue weighted by molar-refractivity contribution is -0.134. The highest BCUT2D eigenvalue weighted by atomic mass is 16.5. The van der Waals surface area contributed by atoms with Gasteiger partial charge in [0.25, 0.3) is 5.91 Å². The molecule has 0 spiro atoms. The molecule has 0 unspecified atom stereocenters. The number of unbranched alkanes of at least 4 members (excludes halogenated alkanes) is 1. The Morgan fingerprint density at radius 3 is 2.29 bits per heavy atom. The van der Waals surface area contributed by atoms with E-state index in [1.54, 1.807) is 0 Å². The van der Waals surface area contributed by atoms with Gasteiger partial charge in [0.05, 0.1) is 0 Å². The number of nitrogens with zero attached hydrogens (tertiary/aromatic N) is 2. The smallest absolute Gasteiger partial charge is 0.260 e. The molecule has 1 aromatic carbocycles. The van der Waals surface area contributed by atoms with E-state index in [1.165, 1.54) is 5.56 Å². The van der Waals surface area contributed by atoms with E-state index in [0.29, 0.717) is 26.1 Å². The van der Waals surface area contributed by atoms with Crippen molar-refractivity contribution in [2.75, 3.05) is 32.8 Å². The zero-order valence-electron chi connectivity index (χ0n) is 18.2. The monoisotopic (exact) mass is 388 g/mol. The Kier molecular flexibility index (Phi) is 7.90. The van der Waals surface area contributed by atoms with Crippen LogP contribution in [0.15, 0.2) is 18.2 Å². The van der Waals surface area contributed by atoms with E-state index in [0.717, 1.165) is 37.1 Å². The molecule has 0 bridgehead atoms. The number of carbonyl (C=O) groups excluding carboxylic acids is 2. The van der Waals surface area contributed by atoms with Crippen molar-refractivity contribution in [1.82, 2.24) is 9.80 Å². The molecule has 156 valence electrons. The van der Waals surface area contributed by atoms with Crippen LogP contribution in [0.1, 0.15) is 64.5 Å². The van der Waals surface area contributed by atoms with E-state index in [2.05, 4.69) is 40.7 Å². The van der Waals surface area contributed by atoms with Gasteiger partial charge in [0.2, 0.25) is 5.91 Å². The Hall–Kier alpha value is -2.04. The van der Waals surface area contributed by atoms with E-state index in [4.69, 9.17) is 4.74 Å². The summed E-state index contributed by atoms with van der Waals surface area (Å²) >= 11 is 0. The van der Waals surface area contributed by atoms with Gasteiger partial charge < -0.3 is 14.5 Å². The van der Waals surface area contributed by atoms with Crippen molar-refractivity contribution in [2.24, 2.45) is 0 Å². The lowest BCUT2D eigenvalue weighted by Gasteiger charge is -2.25. The highest BCUT2D eigenvalue weighted by Gasteiger charge is 2.23. The largest absolute Gasteiger partial charge is 0.483 e. The van der Waals surface area contributed by atoms with Gasteiger partial charge in [-0.3, -0.25) is 9.59 Å². The van der Waals surface area contributed by atoms with Crippen molar-refractivity contribution in [3.8, 4) is 5.75 Å². The molecular formula is C23H36N2O3. The van der Waals surface area contributed by atoms with Crippen LogP contribution in [0.4, 0.5) is 0 Å². The minimum Gasteiger partial charge on any atom is -0.483 e. The summed E-state index contributed by atoms with van der Waals surface area (Å²) in [6, 6.07) is 6.10. The standard InChI is InChI=1S/C23H36N2O3/c1-6-7-9-21(26)24-12-8-13-25(15-14-24)22(27)17-28-20-11-10-18(2)16-19(20)23(3,4)5/h10-11,16H,6-9,12-15,17H2,1-5H3. The summed E-state index contributed by atoms with van der Waals surface area (Å²) in [6.45, 7) is 13.3. The maximum absolute atomic E-state index is 12.7. The third-order valence-corrected chi connectivity index (χ3v) is 5.24. The van der Waals surface area contributed by atoms with Gasteiger partial charge in [-0.25, -0.2) is 0 Å². The Balaban J connectivity index is 1.93. The molecule has 0 aromatic heterocycles. The number of ether oxygens (including phenoxy) is 1. The molecule has 0 N–H and O–H groups in total. The van der Waals surface area contributed by atoms with Gasteiger partial charge in [-0.05, 0) is 36.8 Å². The van der Waals surface area contributed by atoms with Crippen LogP contribution in [0.3, 0.4) is 0 Å². The first-order valence-corrected chi connectivity index (χ1v) is 10.5. The van der Waals surface area contributed by atoms with Crippen LogP contribution in [0.5, 0.6) is 5.75 Å². The second-order valence-corrected chi connectivity index (χ2v) is 8.76. The number of hydrogen-bond donors (Lipinski definition) is 0. The first-order valence-electron chi connectivity index (χ1n) is 10.5. The van der Waals surface area contributed by atoms with Gasteiger partial charge in [0.15, 0.2) is 6.61 Å². The van der Waals surface area contributed by atoms with E-state index in [9.17, 15) is 9.59 Å². The first-order chi connectivity index (χ1) is 13.2. The van der Waals surface area contributed by atoms with Crippen LogP contribution in [0.25, 0.3) is 0 Å². The van der Waals surface area contributed by atoms with Crippen LogP contribution >= 0.6 is 0 Å². The molecule has 1 saturated heterocycles. The predicted octanol–water partition coefficient (Wildman–Crippen LogP) is 3.92. The van der Waals surface area contributed by atoms with Crippen molar-refractivity contribution >= 4 is 11.8 Å². The molecule has 2 amide bonds. The molecule has 28 heavy (non-hydrogen) atoms. The highest BCUT2D eigenvalue weighted by molar-refractivity contribution is 5.78. The van der Waals surface area contributed by atoms with Gasteiger partial charge >= 0.3 is 0 Å². The second kappa shape index (κ2) is 9.94. The summed E-state index contributed by atoms with van der Waals surface area (Å²) < 4.78 is 5.93. The van der Waals surface area contributed by atoms with Gasteiger partial charge in [-0.15, -0.1) is 0 Å². The number of carbonyl (C=O) groups is 2. The normalized spacial score (nSPS) is 15.3. The maximum Gasteiger partial charge on any atom is 0.260 e. The minimum atomic E-state index is -0.0492. The summed E-state index contributed by atoms with van der Waals surface area (Å²) in [4.78, 5) is 28.7. The summed E-state index contributed by atoms with van der Waals surface area (Å²) in [5, 5.41) is 0. The number of amides is 2. The molecule has 1 aliphatic rings. The van der Waals surface area contributed by atoms with Crippen molar-refractivity contribution in [3.05, 3.63) is 29.3 Å². The van der Waals surface area contributed by atoms with Crippen LogP contribution in [0.2, 0.25) is 0 Å². The van der Waals surface area contributed by atoms with E-state index in [1.807, 2.05) is 21.9 Å². The van der Waals surface area contributed by atoms with E-state index >= 15 is 0 Å². The maximum atomic E-state index is 12.7. The molecule has 0 aliphatic carbocycles. The molecule has 0 saturated carbocycles. The number of benzene rings is 1. The Morgan fingerprint density at radius 2 is 1.68 bits per heavy atom. The fraction of sp³-hybridized carbons (Fsp3) is 0.652. The minimum absolute atomic E-state index is 0.0108. The average Bonchev–Trinajstić information content (AvgIpc) is 2.90. The molecule has 2 rings (SSSR count). The van der Waals surface area contributed by atoms with Crippen molar-refractivity contribution in [1.29, 1.82) is 0 Å². The van der Waals surface area contributed by atoms with Gasteiger partial charge in [0.1, 0.15) is 5.75 Å². The number of rotatable bonds is 6. The molecule has 5 nitrogen and oxygen atoms in total. The first kappa shape index (κ1) is 22.3. The van der Waals surface area contributed by atoms with E-state index < -0.39 is 0 Å². The third kappa shape index (κ3) is 6.25. The van der Waals surface area contributed by atoms with Gasteiger partial charge in [-0.1, -0.05) is 51.8 Å². The lowest BCUT2D eigenvalue weighted by atomic mass is 9.85. The molecule has 1 fully saturated rings. The topological polar surface area (TPSA) is 49.9 Å². The molecular weight excluding hydrogens is 352 g/mol. The van der Waals surface area contributed by atoms with Crippen molar-refractivity contribution < 1.29 is 14.3 Å². The third-order valence-electron chi connectivity index (χ3n) is 5.24. The zero-order chi connectivity index (χ0) is 20.7. The van der Waals surface area contributed by atoms with Crippen LogP contribution in [-0.4, -0.2) is 54.4 Å². The number of aryl methyl sites for hydroxylation is 1. The molecule has 1 heterocycles. The predicted molar refractivity (Wildman–Crippen MR) is 113 cm³/mol. The summed E-state index contributed by atoms with van der Waals surface area (Å²) in [5.41, 5.74) is 2.25. The molecule has 0 radical (unpaired) electrons. The van der Waals surface area contributed by atoms with Gasteiger partial charge in [-0.2, -0.15) is 0 Å². The Labute approximate surface area is 170 Å². The Bertz CT molecular complexity index is 679. The van der Waals surface area contributed by atoms with Crippen LogP contribution in [-0.2, 0) is 15.0 Å². The highest BCUT2D eigenvalue weighted by Crippen LogP contribution is 2.32. The second-order valence-electron chi connectivity index (χ2n) is 8.76. The molecule has 0 atom stereocenters. The summed E-state index contributed by atoms with van der Waals surface area (Å²) in [7, 11) is 0. The van der Waals surface area contributed by atoms with Crippen molar-refractivity contribution in [3.63, 3.8) is 0 Å².